The van der Waals surface area contributed by atoms with Crippen LogP contribution in [0.4, 0.5) is 15.8 Å². The second kappa shape index (κ2) is 9.63. The maximum absolute atomic E-state index is 13.4. The molecule has 4 aromatic rings. The van der Waals surface area contributed by atoms with Crippen molar-refractivity contribution in [2.75, 3.05) is 43.4 Å². The second-order valence-corrected chi connectivity index (χ2v) is 8.70. The third-order valence-corrected chi connectivity index (χ3v) is 6.17. The van der Waals surface area contributed by atoms with Crippen LogP contribution >= 0.6 is 0 Å². The normalized spacial score (nSPS) is 14.2. The number of anilines is 2. The fourth-order valence-electron chi connectivity index (χ4n) is 4.09. The summed E-state index contributed by atoms with van der Waals surface area (Å²) >= 11 is 0. The van der Waals surface area contributed by atoms with E-state index in [2.05, 4.69) is 43.3 Å². The summed E-state index contributed by atoms with van der Waals surface area (Å²) in [5.41, 5.74) is 5.45. The topological polar surface area (TPSA) is 79.2 Å². The molecule has 0 aliphatic carbocycles. The van der Waals surface area contributed by atoms with E-state index in [9.17, 15) is 9.18 Å². The maximum atomic E-state index is 13.4. The first kappa shape index (κ1) is 22.7. The van der Waals surface area contributed by atoms with Crippen molar-refractivity contribution >= 4 is 17.3 Å². The van der Waals surface area contributed by atoms with Crippen molar-refractivity contribution in [1.82, 2.24) is 24.6 Å². The zero-order valence-electron chi connectivity index (χ0n) is 19.6. The summed E-state index contributed by atoms with van der Waals surface area (Å²) in [6, 6.07) is 11.8. The van der Waals surface area contributed by atoms with Gasteiger partial charge in [0.2, 0.25) is 5.95 Å². The molecule has 0 spiro atoms. The zero-order valence-corrected chi connectivity index (χ0v) is 19.6. The number of carbonyl (C=O) groups is 1. The predicted molar refractivity (Wildman–Crippen MR) is 133 cm³/mol. The molecule has 1 aliphatic rings. The average molecular weight is 472 g/mol. The Balaban J connectivity index is 1.37. The number of hydrogen-bond acceptors (Lipinski definition) is 6. The molecule has 1 aromatic carbocycles. The lowest BCUT2D eigenvalue weighted by Crippen LogP contribution is -2.44. The van der Waals surface area contributed by atoms with Gasteiger partial charge in [-0.05, 0) is 49.9 Å². The van der Waals surface area contributed by atoms with Crippen LogP contribution < -0.4 is 10.2 Å². The van der Waals surface area contributed by atoms with E-state index in [1.165, 1.54) is 18.2 Å². The van der Waals surface area contributed by atoms with Crippen LogP contribution in [0, 0.1) is 12.9 Å². The second-order valence-electron chi connectivity index (χ2n) is 8.70. The number of piperazine rings is 1. The molecule has 0 bridgehead atoms. The van der Waals surface area contributed by atoms with E-state index < -0.39 is 11.9 Å². The van der Waals surface area contributed by atoms with E-state index in [1.807, 2.05) is 43.8 Å². The molecule has 8 nitrogen and oxygen atoms in total. The van der Waals surface area contributed by atoms with Crippen molar-refractivity contribution in [2.24, 2.45) is 0 Å². The number of halogens is 1. The zero-order chi connectivity index (χ0) is 24.4. The molecule has 0 atom stereocenters. The summed E-state index contributed by atoms with van der Waals surface area (Å²) in [6.07, 6.45) is 7.51. The Morgan fingerprint density at radius 2 is 1.83 bits per heavy atom. The maximum Gasteiger partial charge on any atom is 0.274 e. The largest absolute Gasteiger partial charge is 0.368 e. The van der Waals surface area contributed by atoms with Gasteiger partial charge in [0.05, 0.1) is 23.8 Å². The van der Waals surface area contributed by atoms with E-state index in [1.54, 1.807) is 10.7 Å². The van der Waals surface area contributed by atoms with E-state index in [0.717, 1.165) is 54.2 Å². The first-order valence-corrected chi connectivity index (χ1v) is 11.4. The van der Waals surface area contributed by atoms with Gasteiger partial charge < -0.3 is 15.1 Å². The summed E-state index contributed by atoms with van der Waals surface area (Å²) in [7, 11) is 2.14. The standard InChI is InChI=1S/C26H26FN7O/c1-18-6-7-21(30-26(35)23-4-3-5-25(27)31-23)13-24(18)34-17-20(15-29-34)19-12-22(16-28-14-19)33-10-8-32(2)9-11-33/h3-7,12-17H,8-11H2,1-2H3,(H,30,35). The summed E-state index contributed by atoms with van der Waals surface area (Å²) < 4.78 is 15.2. The van der Waals surface area contributed by atoms with Gasteiger partial charge in [0.1, 0.15) is 5.69 Å². The molecule has 0 radical (unpaired) electrons. The summed E-state index contributed by atoms with van der Waals surface area (Å²) in [4.78, 5) is 25.3. The molecule has 1 aliphatic heterocycles. The summed E-state index contributed by atoms with van der Waals surface area (Å²) in [5.74, 6) is -1.18. The van der Waals surface area contributed by atoms with Gasteiger partial charge in [-0.15, -0.1) is 0 Å². The lowest BCUT2D eigenvalue weighted by molar-refractivity contribution is 0.102. The van der Waals surface area contributed by atoms with Crippen molar-refractivity contribution in [3.05, 3.63) is 84.5 Å². The molecule has 178 valence electrons. The molecule has 5 rings (SSSR count). The quantitative estimate of drug-likeness (QED) is 0.447. The van der Waals surface area contributed by atoms with Crippen LogP contribution in [0.15, 0.2) is 67.3 Å². The molecule has 1 fully saturated rings. The number of nitrogens with one attached hydrogen (secondary N) is 1. The Labute approximate surface area is 203 Å². The molecule has 1 saturated heterocycles. The van der Waals surface area contributed by atoms with E-state index in [-0.39, 0.29) is 5.69 Å². The van der Waals surface area contributed by atoms with E-state index >= 15 is 0 Å². The van der Waals surface area contributed by atoms with Crippen molar-refractivity contribution in [2.45, 2.75) is 6.92 Å². The van der Waals surface area contributed by atoms with Gasteiger partial charge in [0.15, 0.2) is 0 Å². The summed E-state index contributed by atoms with van der Waals surface area (Å²) in [5, 5.41) is 7.34. The minimum Gasteiger partial charge on any atom is -0.368 e. The van der Waals surface area contributed by atoms with Crippen molar-refractivity contribution in [3.8, 4) is 16.8 Å². The van der Waals surface area contributed by atoms with E-state index in [0.29, 0.717) is 5.69 Å². The third-order valence-electron chi connectivity index (χ3n) is 6.17. The first-order valence-electron chi connectivity index (χ1n) is 11.4. The monoisotopic (exact) mass is 471 g/mol. The van der Waals surface area contributed by atoms with Crippen LogP contribution in [0.5, 0.6) is 0 Å². The lowest BCUT2D eigenvalue weighted by Gasteiger charge is -2.33. The Morgan fingerprint density at radius 1 is 1.00 bits per heavy atom. The van der Waals surface area contributed by atoms with Crippen LogP contribution in [-0.2, 0) is 0 Å². The number of rotatable bonds is 5. The van der Waals surface area contributed by atoms with Gasteiger partial charge in [0.25, 0.3) is 5.91 Å². The van der Waals surface area contributed by atoms with Gasteiger partial charge in [-0.2, -0.15) is 9.49 Å². The molecular formula is C26H26FN7O. The fourth-order valence-corrected chi connectivity index (χ4v) is 4.09. The Kier molecular flexibility index (Phi) is 6.24. The smallest absolute Gasteiger partial charge is 0.274 e. The predicted octanol–water partition coefficient (Wildman–Crippen LogP) is 3.78. The molecule has 3 aromatic heterocycles. The Morgan fingerprint density at radius 3 is 2.63 bits per heavy atom. The highest BCUT2D eigenvalue weighted by molar-refractivity contribution is 6.03. The van der Waals surface area contributed by atoms with Crippen molar-refractivity contribution in [1.29, 1.82) is 0 Å². The number of amides is 1. The minimum atomic E-state index is -0.697. The first-order chi connectivity index (χ1) is 17.0. The summed E-state index contributed by atoms with van der Waals surface area (Å²) in [6.45, 7) is 5.99. The highest BCUT2D eigenvalue weighted by Crippen LogP contribution is 2.26. The SMILES string of the molecule is Cc1ccc(NC(=O)c2cccc(F)n2)cc1-n1cc(-c2cncc(N3CCN(C)CC3)c2)cn1. The molecule has 4 heterocycles. The molecule has 9 heteroatoms. The van der Waals surface area contributed by atoms with Gasteiger partial charge in [-0.1, -0.05) is 12.1 Å². The number of aryl methyl sites for hydroxylation is 1. The van der Waals surface area contributed by atoms with Gasteiger partial charge in [-0.25, -0.2) is 9.67 Å². The number of nitrogens with zero attached hydrogens (tertiary/aromatic N) is 6. The highest BCUT2D eigenvalue weighted by Gasteiger charge is 2.16. The van der Waals surface area contributed by atoms with Crippen molar-refractivity contribution < 1.29 is 9.18 Å². The van der Waals surface area contributed by atoms with Crippen LogP contribution in [0.3, 0.4) is 0 Å². The molecule has 35 heavy (non-hydrogen) atoms. The molecule has 1 N–H and O–H groups in total. The van der Waals surface area contributed by atoms with Gasteiger partial charge in [0, 0.05) is 55.4 Å². The van der Waals surface area contributed by atoms with Crippen LogP contribution in [0.2, 0.25) is 0 Å². The number of carbonyl (C=O) groups excluding carboxylic acids is 1. The van der Waals surface area contributed by atoms with Gasteiger partial charge in [-0.3, -0.25) is 9.78 Å². The molecule has 1 amide bonds. The number of likely N-dealkylation sites (N-methyl/N-ethyl adjacent to an activating group) is 1. The Bertz CT molecular complexity index is 1360. The molecule has 0 unspecified atom stereocenters. The molecule has 0 saturated carbocycles. The number of pyridine rings is 2. The highest BCUT2D eigenvalue weighted by atomic mass is 19.1. The van der Waals surface area contributed by atoms with E-state index in [4.69, 9.17) is 0 Å². The molecular weight excluding hydrogens is 445 g/mol. The van der Waals surface area contributed by atoms with Crippen LogP contribution in [0.25, 0.3) is 16.8 Å². The number of benzene rings is 1. The number of aromatic nitrogens is 4. The van der Waals surface area contributed by atoms with Crippen LogP contribution in [-0.4, -0.2) is 63.8 Å². The number of hydrogen-bond donors (Lipinski definition) is 1. The van der Waals surface area contributed by atoms with Crippen molar-refractivity contribution in [3.63, 3.8) is 0 Å². The Hall–Kier alpha value is -4.11. The van der Waals surface area contributed by atoms with Crippen LogP contribution in [0.1, 0.15) is 16.1 Å². The third kappa shape index (κ3) is 5.04. The van der Waals surface area contributed by atoms with Gasteiger partial charge >= 0.3 is 0 Å². The average Bonchev–Trinajstić information content (AvgIpc) is 3.36. The minimum absolute atomic E-state index is 0.0150. The fraction of sp³-hybridized carbons (Fsp3) is 0.231. The lowest BCUT2D eigenvalue weighted by atomic mass is 10.1.